The molecule has 3 amide bonds. The van der Waals surface area contributed by atoms with E-state index in [0.29, 0.717) is 24.7 Å². The number of carbonyl (C=O) groups excluding carboxylic acids is 2. The first-order valence-electron chi connectivity index (χ1n) is 7.77. The second-order valence-corrected chi connectivity index (χ2v) is 6.30. The summed E-state index contributed by atoms with van der Waals surface area (Å²) in [6.07, 6.45) is 0. The normalized spacial score (nSPS) is 15.4. The molecule has 126 valence electrons. The standard InChI is InChI=1S/C17H18ClN3O3/c1-20(11-16(22)21-9-8-19-17(21)23)10-14-6-7-15(24-14)12-2-4-13(18)5-3-12/h2-7H,8-11H2,1H3,(H,19,23)/p+1. The number of rotatable bonds is 5. The van der Waals surface area contributed by atoms with Crippen LogP contribution in [0.1, 0.15) is 5.76 Å². The first kappa shape index (κ1) is 16.5. The summed E-state index contributed by atoms with van der Waals surface area (Å²) in [5.74, 6) is 1.38. The van der Waals surface area contributed by atoms with Gasteiger partial charge in [-0.2, -0.15) is 0 Å². The van der Waals surface area contributed by atoms with Crippen LogP contribution in [0.15, 0.2) is 40.8 Å². The molecule has 1 fully saturated rings. The fourth-order valence-electron chi connectivity index (χ4n) is 2.67. The number of halogens is 1. The van der Waals surface area contributed by atoms with Crippen molar-refractivity contribution >= 4 is 23.5 Å². The number of nitrogens with one attached hydrogen (secondary N) is 2. The van der Waals surface area contributed by atoms with Crippen molar-refractivity contribution in [3.8, 4) is 11.3 Å². The van der Waals surface area contributed by atoms with Gasteiger partial charge in [-0.1, -0.05) is 11.6 Å². The third kappa shape index (κ3) is 3.77. The third-order valence-electron chi connectivity index (χ3n) is 3.88. The number of likely N-dealkylation sites (N-methyl/N-ethyl adjacent to an activating group) is 1. The van der Waals surface area contributed by atoms with Crippen molar-refractivity contribution in [3.05, 3.63) is 47.2 Å². The Morgan fingerprint density at radius 1 is 1.29 bits per heavy atom. The number of hydrogen-bond donors (Lipinski definition) is 2. The molecule has 0 aliphatic carbocycles. The van der Waals surface area contributed by atoms with E-state index >= 15 is 0 Å². The van der Waals surface area contributed by atoms with Gasteiger partial charge in [0.1, 0.15) is 12.3 Å². The summed E-state index contributed by atoms with van der Waals surface area (Å²) < 4.78 is 5.84. The molecule has 2 N–H and O–H groups in total. The van der Waals surface area contributed by atoms with Crippen molar-refractivity contribution in [2.75, 3.05) is 26.7 Å². The molecular formula is C17H19ClN3O3+. The summed E-state index contributed by atoms with van der Waals surface area (Å²) in [5.41, 5.74) is 0.952. The number of urea groups is 1. The molecule has 1 aromatic heterocycles. The minimum atomic E-state index is -0.309. The first-order chi connectivity index (χ1) is 11.5. The smallest absolute Gasteiger partial charge is 0.324 e. The van der Waals surface area contributed by atoms with Gasteiger partial charge in [0, 0.05) is 23.7 Å². The van der Waals surface area contributed by atoms with Gasteiger partial charge in [0.15, 0.2) is 12.3 Å². The van der Waals surface area contributed by atoms with Gasteiger partial charge in [0.25, 0.3) is 5.91 Å². The van der Waals surface area contributed by atoms with Crippen LogP contribution in [-0.2, 0) is 11.3 Å². The van der Waals surface area contributed by atoms with E-state index in [-0.39, 0.29) is 18.5 Å². The highest BCUT2D eigenvalue weighted by atomic mass is 35.5. The molecule has 1 aliphatic heterocycles. The molecule has 1 aromatic carbocycles. The second-order valence-electron chi connectivity index (χ2n) is 5.86. The second kappa shape index (κ2) is 7.07. The lowest BCUT2D eigenvalue weighted by Crippen LogP contribution is -3.08. The van der Waals surface area contributed by atoms with E-state index in [1.807, 2.05) is 43.4 Å². The average molecular weight is 349 g/mol. The molecule has 1 atom stereocenters. The Morgan fingerprint density at radius 3 is 2.71 bits per heavy atom. The quantitative estimate of drug-likeness (QED) is 0.852. The van der Waals surface area contributed by atoms with Crippen LogP contribution in [0, 0.1) is 0 Å². The zero-order valence-electron chi connectivity index (χ0n) is 13.3. The molecule has 2 heterocycles. The van der Waals surface area contributed by atoms with Crippen molar-refractivity contribution < 1.29 is 18.9 Å². The Bertz CT molecular complexity index is 742. The largest absolute Gasteiger partial charge is 0.455 e. The van der Waals surface area contributed by atoms with Gasteiger partial charge < -0.3 is 14.6 Å². The molecule has 7 heteroatoms. The highest BCUT2D eigenvalue weighted by Crippen LogP contribution is 2.23. The van der Waals surface area contributed by atoms with Gasteiger partial charge in [-0.05, 0) is 36.4 Å². The summed E-state index contributed by atoms with van der Waals surface area (Å²) in [6.45, 7) is 1.76. The maximum atomic E-state index is 12.1. The fraction of sp³-hybridized carbons (Fsp3) is 0.294. The predicted molar refractivity (Wildman–Crippen MR) is 89.7 cm³/mol. The average Bonchev–Trinajstić information content (AvgIpc) is 3.17. The molecule has 0 spiro atoms. The van der Waals surface area contributed by atoms with Gasteiger partial charge in [-0.3, -0.25) is 9.69 Å². The van der Waals surface area contributed by atoms with Crippen molar-refractivity contribution in [1.82, 2.24) is 10.2 Å². The van der Waals surface area contributed by atoms with E-state index in [1.54, 1.807) is 0 Å². The van der Waals surface area contributed by atoms with Crippen molar-refractivity contribution in [2.24, 2.45) is 0 Å². The summed E-state index contributed by atoms with van der Waals surface area (Å²) in [4.78, 5) is 25.8. The summed E-state index contributed by atoms with van der Waals surface area (Å²) in [6, 6.07) is 10.9. The van der Waals surface area contributed by atoms with Gasteiger partial charge in [0.05, 0.1) is 7.05 Å². The molecule has 1 aliphatic rings. The van der Waals surface area contributed by atoms with Gasteiger partial charge in [-0.25, -0.2) is 4.79 Å². The molecule has 3 rings (SSSR count). The number of quaternary nitrogens is 1. The molecule has 0 bridgehead atoms. The van der Waals surface area contributed by atoms with Gasteiger partial charge in [-0.15, -0.1) is 0 Å². The topological polar surface area (TPSA) is 67.0 Å². The molecule has 2 aromatic rings. The van der Waals surface area contributed by atoms with Crippen molar-refractivity contribution in [2.45, 2.75) is 6.54 Å². The fourth-order valence-corrected chi connectivity index (χ4v) is 2.79. The Labute approximate surface area is 145 Å². The number of hydrogen-bond acceptors (Lipinski definition) is 3. The SMILES string of the molecule is C[NH+](CC(=O)N1CCNC1=O)Cc1ccc(-c2ccc(Cl)cc2)o1. The van der Waals surface area contributed by atoms with Crippen molar-refractivity contribution in [3.63, 3.8) is 0 Å². The van der Waals surface area contributed by atoms with Crippen molar-refractivity contribution in [1.29, 1.82) is 0 Å². The van der Waals surface area contributed by atoms with Crippen LogP contribution in [0.3, 0.4) is 0 Å². The lowest BCUT2D eigenvalue weighted by molar-refractivity contribution is -0.886. The van der Waals surface area contributed by atoms with Crippen LogP contribution in [0.2, 0.25) is 5.02 Å². The Kier molecular flexibility index (Phi) is 4.87. The van der Waals surface area contributed by atoms with E-state index in [0.717, 1.165) is 22.0 Å². The number of furan rings is 1. The molecule has 6 nitrogen and oxygen atoms in total. The minimum Gasteiger partial charge on any atom is -0.455 e. The monoisotopic (exact) mass is 348 g/mol. The number of amides is 3. The van der Waals surface area contributed by atoms with Crippen LogP contribution in [0.4, 0.5) is 4.79 Å². The van der Waals surface area contributed by atoms with Crippen LogP contribution < -0.4 is 10.2 Å². The van der Waals surface area contributed by atoms with Crippen LogP contribution >= 0.6 is 11.6 Å². The summed E-state index contributed by atoms with van der Waals surface area (Å²) in [5, 5.41) is 3.31. The molecular weight excluding hydrogens is 330 g/mol. The van der Waals surface area contributed by atoms with E-state index < -0.39 is 0 Å². The number of carbonyl (C=O) groups is 2. The zero-order valence-corrected chi connectivity index (χ0v) is 14.1. The summed E-state index contributed by atoms with van der Waals surface area (Å²) in [7, 11) is 1.90. The lowest BCUT2D eigenvalue weighted by Gasteiger charge is -2.16. The summed E-state index contributed by atoms with van der Waals surface area (Å²) >= 11 is 5.89. The van der Waals surface area contributed by atoms with E-state index in [4.69, 9.17) is 16.0 Å². The van der Waals surface area contributed by atoms with Gasteiger partial charge in [0.2, 0.25) is 0 Å². The molecule has 1 saturated heterocycles. The maximum Gasteiger partial charge on any atom is 0.324 e. The number of nitrogens with zero attached hydrogens (tertiary/aromatic N) is 1. The maximum absolute atomic E-state index is 12.1. The van der Waals surface area contributed by atoms with E-state index in [1.165, 1.54) is 4.90 Å². The van der Waals surface area contributed by atoms with Crippen LogP contribution in [-0.4, -0.2) is 43.5 Å². The molecule has 1 unspecified atom stereocenters. The van der Waals surface area contributed by atoms with Crippen LogP contribution in [0.5, 0.6) is 0 Å². The van der Waals surface area contributed by atoms with E-state index in [9.17, 15) is 9.59 Å². The molecule has 0 saturated carbocycles. The predicted octanol–water partition coefficient (Wildman–Crippen LogP) is 1.17. The lowest BCUT2D eigenvalue weighted by atomic mass is 10.2. The Balaban J connectivity index is 1.59. The molecule has 0 radical (unpaired) electrons. The highest BCUT2D eigenvalue weighted by molar-refractivity contribution is 6.30. The molecule has 24 heavy (non-hydrogen) atoms. The first-order valence-corrected chi connectivity index (χ1v) is 8.15. The Hall–Kier alpha value is -2.31. The highest BCUT2D eigenvalue weighted by Gasteiger charge is 2.28. The van der Waals surface area contributed by atoms with E-state index in [2.05, 4.69) is 5.32 Å². The minimum absolute atomic E-state index is 0.174. The Morgan fingerprint density at radius 2 is 2.04 bits per heavy atom. The zero-order chi connectivity index (χ0) is 17.1. The third-order valence-corrected chi connectivity index (χ3v) is 4.13. The number of imide groups is 1. The van der Waals surface area contributed by atoms with Crippen LogP contribution in [0.25, 0.3) is 11.3 Å². The van der Waals surface area contributed by atoms with Gasteiger partial charge >= 0.3 is 6.03 Å². The number of benzene rings is 1.